The van der Waals surface area contributed by atoms with Crippen LogP contribution in [-0.2, 0) is 9.53 Å². The average molecular weight is 216 g/mol. The van der Waals surface area contributed by atoms with Gasteiger partial charge >= 0.3 is 5.97 Å². The molecule has 82 valence electrons. The van der Waals surface area contributed by atoms with Gasteiger partial charge in [0.25, 0.3) is 0 Å². The maximum Gasteiger partial charge on any atom is 0.339 e. The standard InChI is InChI=1S/C10H10F2O3/c1-2-15-10(14)9(13)7-5-6(11)3-4-8(7)12/h3-5,9,13H,2H2,1H3. The van der Waals surface area contributed by atoms with Gasteiger partial charge < -0.3 is 9.84 Å². The van der Waals surface area contributed by atoms with Gasteiger partial charge in [-0.05, 0) is 25.1 Å². The molecular weight excluding hydrogens is 206 g/mol. The summed E-state index contributed by atoms with van der Waals surface area (Å²) >= 11 is 0. The highest BCUT2D eigenvalue weighted by atomic mass is 19.1. The van der Waals surface area contributed by atoms with Crippen LogP contribution in [0.25, 0.3) is 0 Å². The number of aliphatic hydroxyl groups is 1. The van der Waals surface area contributed by atoms with Gasteiger partial charge in [-0.2, -0.15) is 0 Å². The van der Waals surface area contributed by atoms with Crippen molar-refractivity contribution in [2.75, 3.05) is 6.61 Å². The number of esters is 1. The smallest absolute Gasteiger partial charge is 0.339 e. The molecule has 1 aromatic rings. The Hall–Kier alpha value is -1.49. The summed E-state index contributed by atoms with van der Waals surface area (Å²) in [7, 11) is 0. The van der Waals surface area contributed by atoms with E-state index in [1.165, 1.54) is 0 Å². The van der Waals surface area contributed by atoms with Crippen LogP contribution in [0.15, 0.2) is 18.2 Å². The van der Waals surface area contributed by atoms with Crippen LogP contribution in [0.5, 0.6) is 0 Å². The lowest BCUT2D eigenvalue weighted by molar-refractivity contribution is -0.153. The Balaban J connectivity index is 2.94. The lowest BCUT2D eigenvalue weighted by Crippen LogP contribution is -2.16. The summed E-state index contributed by atoms with van der Waals surface area (Å²) in [6, 6.07) is 2.50. The van der Waals surface area contributed by atoms with Gasteiger partial charge in [0.15, 0.2) is 6.10 Å². The molecule has 5 heteroatoms. The number of carbonyl (C=O) groups excluding carboxylic acids is 1. The fourth-order valence-corrected chi connectivity index (χ4v) is 1.07. The van der Waals surface area contributed by atoms with E-state index in [-0.39, 0.29) is 6.61 Å². The van der Waals surface area contributed by atoms with Gasteiger partial charge in [-0.1, -0.05) is 0 Å². The number of hydrogen-bond acceptors (Lipinski definition) is 3. The first-order valence-electron chi connectivity index (χ1n) is 4.36. The van der Waals surface area contributed by atoms with Crippen LogP contribution in [0.4, 0.5) is 8.78 Å². The Bertz CT molecular complexity index is 366. The first-order valence-corrected chi connectivity index (χ1v) is 4.36. The van der Waals surface area contributed by atoms with Crippen molar-refractivity contribution in [1.29, 1.82) is 0 Å². The van der Waals surface area contributed by atoms with Gasteiger partial charge in [0.1, 0.15) is 11.6 Å². The van der Waals surface area contributed by atoms with Crippen LogP contribution < -0.4 is 0 Å². The van der Waals surface area contributed by atoms with Crippen molar-refractivity contribution in [3.8, 4) is 0 Å². The van der Waals surface area contributed by atoms with E-state index in [9.17, 15) is 18.7 Å². The highest BCUT2D eigenvalue weighted by Crippen LogP contribution is 2.19. The maximum atomic E-state index is 13.1. The van der Waals surface area contributed by atoms with E-state index in [1.807, 2.05) is 0 Å². The first kappa shape index (κ1) is 11.6. The predicted molar refractivity (Wildman–Crippen MR) is 48.0 cm³/mol. The van der Waals surface area contributed by atoms with Gasteiger partial charge in [0, 0.05) is 5.56 Å². The molecule has 0 aliphatic rings. The molecule has 0 radical (unpaired) electrons. The number of carbonyl (C=O) groups is 1. The molecule has 1 unspecified atom stereocenters. The Labute approximate surface area is 85.3 Å². The largest absolute Gasteiger partial charge is 0.464 e. The normalized spacial score (nSPS) is 12.3. The van der Waals surface area contributed by atoms with Crippen LogP contribution in [0, 0.1) is 11.6 Å². The second-order valence-corrected chi connectivity index (χ2v) is 2.82. The molecule has 0 amide bonds. The molecule has 15 heavy (non-hydrogen) atoms. The minimum atomic E-state index is -1.79. The van der Waals surface area contributed by atoms with Crippen molar-refractivity contribution in [3.05, 3.63) is 35.4 Å². The average Bonchev–Trinajstić information content (AvgIpc) is 2.21. The summed E-state index contributed by atoms with van der Waals surface area (Å²) in [5, 5.41) is 9.34. The highest BCUT2D eigenvalue weighted by molar-refractivity contribution is 5.76. The van der Waals surface area contributed by atoms with Crippen molar-refractivity contribution in [2.45, 2.75) is 13.0 Å². The lowest BCUT2D eigenvalue weighted by Gasteiger charge is -2.10. The number of rotatable bonds is 3. The van der Waals surface area contributed by atoms with Crippen molar-refractivity contribution in [1.82, 2.24) is 0 Å². The number of ether oxygens (including phenoxy) is 1. The quantitative estimate of drug-likeness (QED) is 0.780. The second kappa shape index (κ2) is 4.84. The molecule has 0 aliphatic carbocycles. The third-order valence-electron chi connectivity index (χ3n) is 1.76. The number of aliphatic hydroxyl groups excluding tert-OH is 1. The topological polar surface area (TPSA) is 46.5 Å². The van der Waals surface area contributed by atoms with Crippen LogP contribution in [0.3, 0.4) is 0 Å². The summed E-state index contributed by atoms with van der Waals surface area (Å²) in [5.74, 6) is -2.58. The summed E-state index contributed by atoms with van der Waals surface area (Å²) in [6.07, 6.45) is -1.79. The monoisotopic (exact) mass is 216 g/mol. The van der Waals surface area contributed by atoms with Crippen LogP contribution in [0.1, 0.15) is 18.6 Å². The van der Waals surface area contributed by atoms with E-state index in [2.05, 4.69) is 4.74 Å². The minimum absolute atomic E-state index is 0.0623. The molecule has 1 aromatic carbocycles. The van der Waals surface area contributed by atoms with Crippen molar-refractivity contribution >= 4 is 5.97 Å². The Morgan fingerprint density at radius 1 is 1.53 bits per heavy atom. The fraction of sp³-hybridized carbons (Fsp3) is 0.300. The molecule has 1 atom stereocenters. The maximum absolute atomic E-state index is 13.1. The Morgan fingerprint density at radius 2 is 2.20 bits per heavy atom. The number of benzene rings is 1. The van der Waals surface area contributed by atoms with Crippen molar-refractivity contribution in [2.24, 2.45) is 0 Å². The molecule has 1 N–H and O–H groups in total. The third kappa shape index (κ3) is 2.73. The first-order chi connectivity index (χ1) is 7.06. The van der Waals surface area contributed by atoms with E-state index < -0.39 is 29.3 Å². The molecule has 0 aromatic heterocycles. The van der Waals surface area contributed by atoms with Gasteiger partial charge in [0.2, 0.25) is 0 Å². The molecule has 0 bridgehead atoms. The van der Waals surface area contributed by atoms with Gasteiger partial charge in [0.05, 0.1) is 6.61 Å². The van der Waals surface area contributed by atoms with Crippen LogP contribution in [0.2, 0.25) is 0 Å². The SMILES string of the molecule is CCOC(=O)C(O)c1cc(F)ccc1F. The van der Waals surface area contributed by atoms with Gasteiger partial charge in [-0.25, -0.2) is 13.6 Å². The fourth-order valence-electron chi connectivity index (χ4n) is 1.07. The van der Waals surface area contributed by atoms with E-state index in [0.717, 1.165) is 18.2 Å². The van der Waals surface area contributed by atoms with Crippen LogP contribution >= 0.6 is 0 Å². The van der Waals surface area contributed by atoms with Gasteiger partial charge in [-0.15, -0.1) is 0 Å². The predicted octanol–water partition coefficient (Wildman–Crippen LogP) is 1.56. The molecule has 0 heterocycles. The molecule has 0 fully saturated rings. The summed E-state index contributed by atoms with van der Waals surface area (Å²) in [5.41, 5.74) is -0.423. The Morgan fingerprint density at radius 3 is 2.80 bits per heavy atom. The molecule has 1 rings (SSSR count). The zero-order valence-corrected chi connectivity index (χ0v) is 8.04. The minimum Gasteiger partial charge on any atom is -0.464 e. The van der Waals surface area contributed by atoms with Crippen molar-refractivity contribution < 1.29 is 23.4 Å². The van der Waals surface area contributed by atoms with Crippen LogP contribution in [-0.4, -0.2) is 17.7 Å². The molecule has 0 aliphatic heterocycles. The molecule has 3 nitrogen and oxygen atoms in total. The zero-order chi connectivity index (χ0) is 11.4. The van der Waals surface area contributed by atoms with Gasteiger partial charge in [-0.3, -0.25) is 0 Å². The summed E-state index contributed by atoms with van der Waals surface area (Å²) in [6.45, 7) is 1.61. The van der Waals surface area contributed by atoms with Crippen molar-refractivity contribution in [3.63, 3.8) is 0 Å². The molecule has 0 saturated heterocycles. The zero-order valence-electron chi connectivity index (χ0n) is 8.04. The van der Waals surface area contributed by atoms with E-state index in [0.29, 0.717) is 0 Å². The highest BCUT2D eigenvalue weighted by Gasteiger charge is 2.22. The number of halogens is 2. The van der Waals surface area contributed by atoms with E-state index >= 15 is 0 Å². The summed E-state index contributed by atoms with van der Waals surface area (Å²) in [4.78, 5) is 11.0. The van der Waals surface area contributed by atoms with E-state index in [1.54, 1.807) is 6.92 Å². The van der Waals surface area contributed by atoms with E-state index in [4.69, 9.17) is 0 Å². The lowest BCUT2D eigenvalue weighted by atomic mass is 10.1. The Kier molecular flexibility index (Phi) is 3.74. The number of hydrogen-bond donors (Lipinski definition) is 1. The molecule has 0 saturated carbocycles. The third-order valence-corrected chi connectivity index (χ3v) is 1.76. The summed E-state index contributed by atoms with van der Waals surface area (Å²) < 4.78 is 30.3. The molecular formula is C10H10F2O3. The second-order valence-electron chi connectivity index (χ2n) is 2.82. The molecule has 0 spiro atoms.